The van der Waals surface area contributed by atoms with Gasteiger partial charge in [0, 0.05) is 0 Å². The van der Waals surface area contributed by atoms with Crippen LogP contribution in [0.5, 0.6) is 0 Å². The summed E-state index contributed by atoms with van der Waals surface area (Å²) in [6.45, 7) is 14.2. The third-order valence-electron chi connectivity index (χ3n) is 29.9. The topological polar surface area (TPSA) is 0 Å². The molecule has 0 saturated carbocycles. The lowest BCUT2D eigenvalue weighted by molar-refractivity contribution is 0.549. The van der Waals surface area contributed by atoms with Crippen molar-refractivity contribution in [2.45, 2.75) is 465 Å². The molecule has 0 spiro atoms. The molecule has 120 heavy (non-hydrogen) atoms. The molecule has 648 valence electrons. The van der Waals surface area contributed by atoms with Crippen molar-refractivity contribution in [1.29, 1.82) is 0 Å². The van der Waals surface area contributed by atoms with Crippen LogP contribution in [0.15, 0.2) is 109 Å². The Morgan fingerprint density at radius 1 is 0.117 bits per heavy atom. The summed E-state index contributed by atoms with van der Waals surface area (Å²) in [6.07, 6.45) is 89.5. The van der Waals surface area contributed by atoms with Gasteiger partial charge in [-0.25, -0.2) is 0 Å². The van der Waals surface area contributed by atoms with Gasteiger partial charge in [-0.1, -0.05) is 497 Å². The molecule has 0 heteroatoms. The Labute approximate surface area is 732 Å². The number of hydrogen-bond acceptors (Lipinski definition) is 0. The van der Waals surface area contributed by atoms with Gasteiger partial charge in [-0.2, -0.15) is 0 Å². The zero-order valence-corrected chi connectivity index (χ0v) is 78.1. The van der Waals surface area contributed by atoms with Crippen molar-refractivity contribution in [2.75, 3.05) is 0 Å². The lowest BCUT2D eigenvalue weighted by atomic mass is 9.71. The number of hydrogen-bond donors (Lipinski definition) is 0. The molecule has 0 radical (unpaired) electrons. The minimum Gasteiger partial charge on any atom is -0.0654 e. The van der Waals surface area contributed by atoms with Crippen molar-refractivity contribution in [3.05, 3.63) is 143 Å². The van der Waals surface area contributed by atoms with Gasteiger partial charge in [0.15, 0.2) is 0 Å². The van der Waals surface area contributed by atoms with E-state index in [1.807, 2.05) is 11.1 Å². The van der Waals surface area contributed by atoms with Gasteiger partial charge in [0.25, 0.3) is 0 Å². The van der Waals surface area contributed by atoms with Gasteiger partial charge in [-0.15, -0.1) is 0 Å². The highest BCUT2D eigenvalue weighted by Crippen LogP contribution is 2.61. The van der Waals surface area contributed by atoms with Crippen LogP contribution < -0.4 is 0 Å². The molecule has 0 aliphatic heterocycles. The second-order valence-electron chi connectivity index (χ2n) is 39.1. The fourth-order valence-corrected chi connectivity index (χ4v) is 23.5. The first kappa shape index (κ1) is 91.5. The number of rotatable bonds is 66. The van der Waals surface area contributed by atoms with Crippen LogP contribution >= 0.6 is 0 Å². The Hall–Kier alpha value is -6.24. The summed E-state index contributed by atoms with van der Waals surface area (Å²) in [4.78, 5) is 0. The molecule has 0 aromatic heterocycles. The molecule has 0 aliphatic carbocycles. The average Bonchev–Trinajstić information content (AvgIpc) is 0.644. The highest BCUT2D eigenvalue weighted by molar-refractivity contribution is 6.61. The van der Waals surface area contributed by atoms with Crippen LogP contribution in [-0.2, 0) is 38.5 Å². The van der Waals surface area contributed by atoms with Gasteiger partial charge >= 0.3 is 0 Å². The summed E-state index contributed by atoms with van der Waals surface area (Å²) in [5.41, 5.74) is 10.7. The maximum absolute atomic E-state index is 2.85. The van der Waals surface area contributed by atoms with E-state index in [9.17, 15) is 0 Å². The lowest BCUT2D eigenvalue weighted by Gasteiger charge is -2.31. The molecular weight excluding hydrogens is 1440 g/mol. The molecule has 0 bridgehead atoms. The molecular formula is C120H168. The first-order chi connectivity index (χ1) is 59.6. The van der Waals surface area contributed by atoms with Crippen molar-refractivity contribution in [2.24, 2.45) is 0 Å². The van der Waals surface area contributed by atoms with Crippen molar-refractivity contribution >= 4 is 129 Å². The van der Waals surface area contributed by atoms with Crippen LogP contribution in [-0.4, -0.2) is 0 Å². The summed E-state index contributed by atoms with van der Waals surface area (Å²) in [6, 6.07) is 45.6. The van der Waals surface area contributed by atoms with E-state index < -0.39 is 0 Å². The van der Waals surface area contributed by atoms with Crippen LogP contribution in [0, 0.1) is 0 Å². The predicted molar refractivity (Wildman–Crippen MR) is 543 cm³/mol. The van der Waals surface area contributed by atoms with E-state index >= 15 is 0 Å². The first-order valence-electron chi connectivity index (χ1n) is 52.8. The SMILES string of the molecule is CCCCCCCCCCCCc1ccc2c(c1CCCCCCCCCCCC)c1c3ccccc3c3c4ccccc4c4c5ccccc5c5c6ccccc6c6c7c(CCCCCCCCCCCC)c(CCCCCCCCCCCC)c(CCCCCCCCCCCC)c(CCCCCCCCCCCC)c7c2c2c1c3c4c5c62. The van der Waals surface area contributed by atoms with Crippen LogP contribution in [0.2, 0.25) is 0 Å². The van der Waals surface area contributed by atoms with E-state index in [-0.39, 0.29) is 0 Å². The number of aryl methyl sites for hydroxylation is 4. The Balaban J connectivity index is 1.13. The smallest absolute Gasteiger partial charge is 0.0000365 e. The summed E-state index contributed by atoms with van der Waals surface area (Å²) in [5.74, 6) is 0. The molecule has 13 rings (SSSR count). The molecule has 0 heterocycles. The van der Waals surface area contributed by atoms with Crippen LogP contribution in [0.25, 0.3) is 129 Å². The number of unbranched alkanes of at least 4 members (excludes halogenated alkanes) is 54. The second-order valence-corrected chi connectivity index (χ2v) is 39.1. The summed E-state index contributed by atoms with van der Waals surface area (Å²) < 4.78 is 0. The van der Waals surface area contributed by atoms with E-state index in [0.29, 0.717) is 0 Å². The predicted octanol–water partition coefficient (Wildman–Crippen LogP) is 40.6. The maximum Gasteiger partial charge on any atom is -0.0000365 e. The summed E-state index contributed by atoms with van der Waals surface area (Å²) >= 11 is 0. The van der Waals surface area contributed by atoms with Crippen LogP contribution in [0.3, 0.4) is 0 Å². The first-order valence-corrected chi connectivity index (χ1v) is 52.8. The van der Waals surface area contributed by atoms with Crippen LogP contribution in [0.4, 0.5) is 0 Å². The zero-order valence-electron chi connectivity index (χ0n) is 78.1. The van der Waals surface area contributed by atoms with Crippen LogP contribution in [0.1, 0.15) is 460 Å². The third kappa shape index (κ3) is 22.5. The molecule has 0 N–H and O–H groups in total. The van der Waals surface area contributed by atoms with Gasteiger partial charge in [0.05, 0.1) is 0 Å². The van der Waals surface area contributed by atoms with Crippen molar-refractivity contribution in [3.8, 4) is 0 Å². The largest absolute Gasteiger partial charge is 0.0654 e. The average molecular weight is 1610 g/mol. The Kier molecular flexibility index (Phi) is 38.1. The van der Waals surface area contributed by atoms with Crippen molar-refractivity contribution < 1.29 is 0 Å². The van der Waals surface area contributed by atoms with E-state index in [4.69, 9.17) is 0 Å². The minimum absolute atomic E-state index is 1.16. The molecule has 0 nitrogen and oxygen atoms in total. The number of benzene rings is 13. The van der Waals surface area contributed by atoms with Gasteiger partial charge in [0.2, 0.25) is 0 Å². The van der Waals surface area contributed by atoms with E-state index in [2.05, 4.69) is 151 Å². The van der Waals surface area contributed by atoms with E-state index in [1.165, 1.54) is 477 Å². The Morgan fingerprint density at radius 2 is 0.292 bits per heavy atom. The molecule has 0 unspecified atom stereocenters. The molecule has 0 aliphatic rings. The molecule has 0 atom stereocenters. The highest BCUT2D eigenvalue weighted by Gasteiger charge is 2.34. The third-order valence-corrected chi connectivity index (χ3v) is 29.9. The number of fused-ring (bicyclic) bond motifs is 18. The Bertz CT molecular complexity index is 5050. The molecule has 0 amide bonds. The highest BCUT2D eigenvalue weighted by atomic mass is 14.4. The lowest BCUT2D eigenvalue weighted by Crippen LogP contribution is -2.10. The standard InChI is InChI=1S/C120H168/c1-7-13-19-25-31-37-43-49-55-61-75-91-89-90-105-106(92(91)76-62-56-50-44-38-32-26-20-14-8-2)110-103-87-73-71-85-101(103)108-99-83-69-67-81-97(99)107-98-82-68-70-84-100(98)109-102-86-72-74-88-104(102)113-111-95(79-65-59-53-47-41-35-29-23-17-11-5)93(77-63-57-51-45-39-33-27-21-15-9-3)94(78-64-58-52-46-40-34-28-22-16-10-4)96(80-66-60-54-48-42-36-30-24-18-12-6)112(111)114(105)120-118(110)116(108)115(107)117(109)119(113)120/h67-74,81-90H,7-66,75-80H2,1-6H3. The fraction of sp³-hybridized carbons (Fsp3) is 0.600. The summed E-state index contributed by atoms with van der Waals surface area (Å²) in [5, 5.41) is 37.0. The maximum atomic E-state index is 2.85. The fourth-order valence-electron chi connectivity index (χ4n) is 23.5. The molecule has 0 saturated heterocycles. The van der Waals surface area contributed by atoms with E-state index in [1.54, 1.807) is 92.3 Å². The van der Waals surface area contributed by atoms with Gasteiger partial charge in [-0.3, -0.25) is 0 Å². The molecule has 0 fully saturated rings. The summed E-state index contributed by atoms with van der Waals surface area (Å²) in [7, 11) is 0. The van der Waals surface area contributed by atoms with Crippen molar-refractivity contribution in [3.63, 3.8) is 0 Å². The van der Waals surface area contributed by atoms with Gasteiger partial charge < -0.3 is 0 Å². The van der Waals surface area contributed by atoms with E-state index in [0.717, 1.165) is 6.42 Å². The van der Waals surface area contributed by atoms with Gasteiger partial charge in [0.1, 0.15) is 0 Å². The quantitative estimate of drug-likeness (QED) is 0.0202. The molecule has 13 aromatic carbocycles. The Morgan fingerprint density at radius 3 is 0.533 bits per heavy atom. The van der Waals surface area contributed by atoms with Gasteiger partial charge in [-0.05, 0) is 240 Å². The zero-order chi connectivity index (χ0) is 82.7. The van der Waals surface area contributed by atoms with Crippen molar-refractivity contribution in [1.82, 2.24) is 0 Å². The normalized spacial score (nSPS) is 12.4. The second kappa shape index (κ2) is 50.0. The monoisotopic (exact) mass is 1610 g/mol. The minimum atomic E-state index is 1.16. The molecule has 13 aromatic rings.